The second-order valence-corrected chi connectivity index (χ2v) is 13.2. The Morgan fingerprint density at radius 2 is 1.11 bits per heavy atom. The Kier molecular flexibility index (Phi) is 5.78. The van der Waals surface area contributed by atoms with E-state index in [9.17, 15) is 0 Å². The van der Waals surface area contributed by atoms with Gasteiger partial charge in [0.25, 0.3) is 0 Å². The first-order valence-corrected chi connectivity index (χ1v) is 16.7. The van der Waals surface area contributed by atoms with E-state index >= 15 is 0 Å². The molecule has 0 amide bonds. The lowest BCUT2D eigenvalue weighted by Crippen LogP contribution is -2.10. The highest BCUT2D eigenvalue weighted by Crippen LogP contribution is 2.49. The fourth-order valence-electron chi connectivity index (χ4n) is 7.35. The van der Waals surface area contributed by atoms with Crippen LogP contribution >= 0.6 is 11.3 Å². The number of fused-ring (bicyclic) bond motifs is 10. The van der Waals surface area contributed by atoms with E-state index in [2.05, 4.69) is 169 Å². The van der Waals surface area contributed by atoms with Gasteiger partial charge in [0.15, 0.2) is 0 Å². The van der Waals surface area contributed by atoms with Crippen molar-refractivity contribution < 1.29 is 4.42 Å². The molecule has 0 fully saturated rings. The highest BCUT2D eigenvalue weighted by molar-refractivity contribution is 7.26. The predicted octanol–water partition coefficient (Wildman–Crippen LogP) is 13.4. The third kappa shape index (κ3) is 4.04. The van der Waals surface area contributed by atoms with Gasteiger partial charge < -0.3 is 9.32 Å². The van der Waals surface area contributed by atoms with Gasteiger partial charge in [0, 0.05) is 42.3 Å². The van der Waals surface area contributed by atoms with Gasteiger partial charge >= 0.3 is 0 Å². The van der Waals surface area contributed by atoms with Gasteiger partial charge in [-0.2, -0.15) is 0 Å². The van der Waals surface area contributed by atoms with Crippen molar-refractivity contribution in [3.8, 4) is 11.1 Å². The van der Waals surface area contributed by atoms with Crippen LogP contribution in [0.15, 0.2) is 168 Å². The molecule has 0 saturated carbocycles. The van der Waals surface area contributed by atoms with Crippen LogP contribution in [0.1, 0.15) is 0 Å². The summed E-state index contributed by atoms with van der Waals surface area (Å²) in [4.78, 5) is 2.39. The number of anilines is 3. The minimum absolute atomic E-state index is 0.923. The molecular formula is C44H27NOS. The van der Waals surface area contributed by atoms with E-state index in [0.29, 0.717) is 0 Å². The SMILES string of the molecule is c1ccc(N(c2ccc(-c3cccc4ccccc34)cc2)c2cccc3sc4ccc5c(oc6ccc7ccccc7c65)c4c23)cc1. The van der Waals surface area contributed by atoms with Gasteiger partial charge in [-0.1, -0.05) is 109 Å². The van der Waals surface area contributed by atoms with Crippen molar-refractivity contribution in [2.75, 3.05) is 4.90 Å². The Hall–Kier alpha value is -5.90. The highest BCUT2D eigenvalue weighted by atomic mass is 32.1. The van der Waals surface area contributed by atoms with Crippen LogP contribution in [0.4, 0.5) is 17.1 Å². The molecule has 0 N–H and O–H groups in total. The van der Waals surface area contributed by atoms with Crippen LogP contribution in [0.25, 0.3) is 74.8 Å². The van der Waals surface area contributed by atoms with Crippen molar-refractivity contribution in [3.63, 3.8) is 0 Å². The standard InChI is InChI=1S/C44H27NOS/c1-2-13-31(14-3-1)45(32-23-20-30(21-24-32)34-17-8-12-28-10-4-6-15-33(28)34)37-18-9-19-39-42(37)43-40(47-39)27-25-36-41-35-16-7-5-11-29(35)22-26-38(41)46-44(36)43/h1-27H. The Morgan fingerprint density at radius 3 is 1.96 bits per heavy atom. The van der Waals surface area contributed by atoms with Crippen LogP contribution in [0.3, 0.4) is 0 Å². The van der Waals surface area contributed by atoms with Crippen molar-refractivity contribution in [2.45, 2.75) is 0 Å². The summed E-state index contributed by atoms with van der Waals surface area (Å²) in [6.45, 7) is 0. The molecular weight excluding hydrogens is 591 g/mol. The predicted molar refractivity (Wildman–Crippen MR) is 202 cm³/mol. The Bertz CT molecular complexity index is 2790. The molecule has 3 heteroatoms. The molecule has 10 rings (SSSR count). The van der Waals surface area contributed by atoms with Crippen LogP contribution in [0.5, 0.6) is 0 Å². The van der Waals surface area contributed by atoms with Crippen LogP contribution in [-0.2, 0) is 0 Å². The van der Waals surface area contributed by atoms with Crippen molar-refractivity contribution >= 4 is 92.1 Å². The lowest BCUT2D eigenvalue weighted by atomic mass is 9.98. The zero-order chi connectivity index (χ0) is 30.9. The lowest BCUT2D eigenvalue weighted by molar-refractivity contribution is 0.673. The molecule has 0 bridgehead atoms. The molecule has 0 unspecified atom stereocenters. The number of hydrogen-bond acceptors (Lipinski definition) is 3. The molecule has 0 aliphatic heterocycles. The van der Waals surface area contributed by atoms with Crippen molar-refractivity contribution in [1.29, 1.82) is 0 Å². The zero-order valence-electron chi connectivity index (χ0n) is 25.4. The lowest BCUT2D eigenvalue weighted by Gasteiger charge is -2.26. The monoisotopic (exact) mass is 617 g/mol. The number of hydrogen-bond donors (Lipinski definition) is 0. The minimum atomic E-state index is 0.923. The number of benzene rings is 8. The zero-order valence-corrected chi connectivity index (χ0v) is 26.2. The molecule has 2 heterocycles. The van der Waals surface area contributed by atoms with Gasteiger partial charge in [0.05, 0.1) is 5.69 Å². The summed E-state index contributed by atoms with van der Waals surface area (Å²) in [6, 6.07) is 58.9. The third-order valence-corrected chi connectivity index (χ3v) is 10.6. The molecule has 47 heavy (non-hydrogen) atoms. The summed E-state index contributed by atoms with van der Waals surface area (Å²) < 4.78 is 9.24. The van der Waals surface area contributed by atoms with E-state index in [4.69, 9.17) is 4.42 Å². The highest BCUT2D eigenvalue weighted by Gasteiger charge is 2.22. The van der Waals surface area contributed by atoms with Gasteiger partial charge in [-0.05, 0) is 87.3 Å². The molecule has 0 aliphatic carbocycles. The van der Waals surface area contributed by atoms with Gasteiger partial charge in [-0.15, -0.1) is 11.3 Å². The fraction of sp³-hybridized carbons (Fsp3) is 0. The third-order valence-electron chi connectivity index (χ3n) is 9.45. The second-order valence-electron chi connectivity index (χ2n) is 12.1. The maximum Gasteiger partial charge on any atom is 0.144 e. The molecule has 10 aromatic rings. The van der Waals surface area contributed by atoms with E-state index < -0.39 is 0 Å². The molecule has 0 aliphatic rings. The van der Waals surface area contributed by atoms with Crippen molar-refractivity contribution in [1.82, 2.24) is 0 Å². The van der Waals surface area contributed by atoms with E-state index in [1.165, 1.54) is 58.2 Å². The number of thiophene rings is 1. The van der Waals surface area contributed by atoms with Crippen LogP contribution < -0.4 is 4.90 Å². The summed E-state index contributed by atoms with van der Waals surface area (Å²) in [5, 5.41) is 9.68. The molecule has 0 atom stereocenters. The van der Waals surface area contributed by atoms with Gasteiger partial charge in [-0.3, -0.25) is 0 Å². The Labute approximate surface area is 275 Å². The fourth-order valence-corrected chi connectivity index (χ4v) is 8.47. The first kappa shape index (κ1) is 26.3. The molecule has 0 spiro atoms. The van der Waals surface area contributed by atoms with E-state index in [1.807, 2.05) is 11.3 Å². The van der Waals surface area contributed by atoms with Gasteiger partial charge in [0.2, 0.25) is 0 Å². The Balaban J connectivity index is 1.22. The van der Waals surface area contributed by atoms with Crippen LogP contribution in [-0.4, -0.2) is 0 Å². The first-order valence-electron chi connectivity index (χ1n) is 15.9. The molecule has 0 saturated heterocycles. The normalized spacial score (nSPS) is 11.8. The molecule has 220 valence electrons. The maximum atomic E-state index is 6.77. The first-order chi connectivity index (χ1) is 23.3. The smallest absolute Gasteiger partial charge is 0.144 e. The molecule has 2 nitrogen and oxygen atoms in total. The summed E-state index contributed by atoms with van der Waals surface area (Å²) in [7, 11) is 0. The quantitative estimate of drug-likeness (QED) is 0.195. The molecule has 0 radical (unpaired) electrons. The van der Waals surface area contributed by atoms with Crippen molar-refractivity contribution in [2.24, 2.45) is 0 Å². The van der Waals surface area contributed by atoms with E-state index in [1.54, 1.807) is 0 Å². The topological polar surface area (TPSA) is 16.4 Å². The molecule has 2 aromatic heterocycles. The second kappa shape index (κ2) is 10.3. The minimum Gasteiger partial charge on any atom is -0.455 e. The largest absolute Gasteiger partial charge is 0.455 e. The Morgan fingerprint density at radius 1 is 0.426 bits per heavy atom. The van der Waals surface area contributed by atoms with E-state index in [0.717, 1.165) is 33.6 Å². The average Bonchev–Trinajstić information content (AvgIpc) is 3.71. The van der Waals surface area contributed by atoms with Crippen molar-refractivity contribution in [3.05, 3.63) is 164 Å². The summed E-state index contributed by atoms with van der Waals surface area (Å²) in [5.41, 5.74) is 7.67. The average molecular weight is 618 g/mol. The summed E-state index contributed by atoms with van der Waals surface area (Å²) in [5.74, 6) is 0. The van der Waals surface area contributed by atoms with Crippen LogP contribution in [0.2, 0.25) is 0 Å². The number of rotatable bonds is 4. The summed E-state index contributed by atoms with van der Waals surface area (Å²) >= 11 is 1.83. The number of nitrogens with zero attached hydrogens (tertiary/aromatic N) is 1. The maximum absolute atomic E-state index is 6.77. The van der Waals surface area contributed by atoms with Gasteiger partial charge in [-0.25, -0.2) is 0 Å². The molecule has 8 aromatic carbocycles. The van der Waals surface area contributed by atoms with Gasteiger partial charge in [0.1, 0.15) is 11.2 Å². The van der Waals surface area contributed by atoms with E-state index in [-0.39, 0.29) is 0 Å². The summed E-state index contributed by atoms with van der Waals surface area (Å²) in [6.07, 6.45) is 0. The number of furan rings is 1. The van der Waals surface area contributed by atoms with Crippen LogP contribution in [0, 0.1) is 0 Å². The number of para-hydroxylation sites is 1.